The quantitative estimate of drug-likeness (QED) is 0.361. The molecule has 0 radical (unpaired) electrons. The summed E-state index contributed by atoms with van der Waals surface area (Å²) in [6.07, 6.45) is 4.47. The van der Waals surface area contributed by atoms with Crippen molar-refractivity contribution < 1.29 is 4.74 Å². The van der Waals surface area contributed by atoms with E-state index in [9.17, 15) is 0 Å². The summed E-state index contributed by atoms with van der Waals surface area (Å²) in [7, 11) is 2.13. The fourth-order valence-corrected chi connectivity index (χ4v) is 5.81. The first kappa shape index (κ1) is 19.0. The molecule has 3 aromatic carbocycles. The number of fused-ring (bicyclic) bond motifs is 6. The lowest BCUT2D eigenvalue weighted by molar-refractivity contribution is 0.000339. The summed E-state index contributed by atoms with van der Waals surface area (Å²) in [4.78, 5) is 2.39. The van der Waals surface area contributed by atoms with Crippen LogP contribution in [0.2, 0.25) is 5.02 Å². The van der Waals surface area contributed by atoms with Gasteiger partial charge in [0.1, 0.15) is 0 Å². The van der Waals surface area contributed by atoms with Gasteiger partial charge in [0, 0.05) is 51.5 Å². The van der Waals surface area contributed by atoms with Crippen LogP contribution in [0.1, 0.15) is 25.0 Å². The van der Waals surface area contributed by atoms with E-state index in [0.717, 1.165) is 18.2 Å². The van der Waals surface area contributed by atoms with Crippen molar-refractivity contribution >= 4 is 45.2 Å². The molecular formula is C27H25ClN2O. The molecule has 156 valence electrons. The molecular weight excluding hydrogens is 404 g/mol. The van der Waals surface area contributed by atoms with Crippen molar-refractivity contribution in [3.63, 3.8) is 0 Å². The molecule has 3 heterocycles. The largest absolute Gasteiger partial charge is 0.349 e. The molecule has 0 bridgehead atoms. The summed E-state index contributed by atoms with van der Waals surface area (Å²) in [5, 5.41) is 3.34. The van der Waals surface area contributed by atoms with Gasteiger partial charge in [-0.05, 0) is 53.6 Å². The second-order valence-corrected chi connectivity index (χ2v) is 9.61. The summed E-state index contributed by atoms with van der Waals surface area (Å²) >= 11 is 6.35. The first-order valence-corrected chi connectivity index (χ1v) is 11.2. The zero-order valence-electron chi connectivity index (χ0n) is 18.0. The summed E-state index contributed by atoms with van der Waals surface area (Å²) in [6, 6.07) is 21.5. The second-order valence-electron chi connectivity index (χ2n) is 9.17. The molecule has 6 rings (SSSR count). The lowest BCUT2D eigenvalue weighted by atomic mass is 9.77. The predicted molar refractivity (Wildman–Crippen MR) is 130 cm³/mol. The summed E-state index contributed by atoms with van der Waals surface area (Å²) in [5.41, 5.74) is 5.43. The second kappa shape index (κ2) is 6.38. The van der Waals surface area contributed by atoms with Gasteiger partial charge < -0.3 is 14.2 Å². The maximum atomic E-state index is 6.48. The Labute approximate surface area is 187 Å². The fraction of sp³-hybridized carbons (Fsp3) is 0.259. The lowest BCUT2D eigenvalue weighted by Gasteiger charge is -2.39. The van der Waals surface area contributed by atoms with Gasteiger partial charge in [0.25, 0.3) is 0 Å². The van der Waals surface area contributed by atoms with Gasteiger partial charge in [-0.3, -0.25) is 0 Å². The van der Waals surface area contributed by atoms with E-state index in [-0.39, 0.29) is 5.41 Å². The number of nitrogens with zero attached hydrogens (tertiary/aromatic N) is 2. The highest BCUT2D eigenvalue weighted by atomic mass is 35.5. The van der Waals surface area contributed by atoms with Crippen molar-refractivity contribution in [1.82, 2.24) is 4.57 Å². The van der Waals surface area contributed by atoms with E-state index in [2.05, 4.69) is 97.1 Å². The zero-order chi connectivity index (χ0) is 21.4. The molecule has 1 unspecified atom stereocenters. The van der Waals surface area contributed by atoms with Crippen LogP contribution in [-0.2, 0) is 17.2 Å². The van der Waals surface area contributed by atoms with Crippen molar-refractivity contribution in [2.45, 2.75) is 25.0 Å². The molecule has 0 aliphatic carbocycles. The molecule has 4 heteroatoms. The number of para-hydroxylation sites is 1. The van der Waals surface area contributed by atoms with Crippen LogP contribution in [0.5, 0.6) is 0 Å². The van der Waals surface area contributed by atoms with Crippen LogP contribution in [0, 0.1) is 0 Å². The molecule has 1 atom stereocenters. The third-order valence-electron chi connectivity index (χ3n) is 7.30. The molecule has 31 heavy (non-hydrogen) atoms. The van der Waals surface area contributed by atoms with Crippen LogP contribution in [0.4, 0.5) is 5.69 Å². The standard InChI is InChI=1S/C27H25ClN2O/c1-26(2)22-17-19(28)9-11-25(22)30-14-15-31-27(26,30)13-12-18-8-10-24-21(16-18)20-6-4-5-7-23(20)29(24)3/h4-13,16-17H,14-15H2,1-3H3. The number of ether oxygens (including phenoxy) is 1. The number of aryl methyl sites for hydroxylation is 1. The number of halogens is 1. The van der Waals surface area contributed by atoms with Gasteiger partial charge in [0.2, 0.25) is 0 Å². The Morgan fingerprint density at radius 3 is 2.65 bits per heavy atom. The molecule has 1 saturated heterocycles. The van der Waals surface area contributed by atoms with E-state index in [0.29, 0.717) is 0 Å². The normalized spacial score (nSPS) is 22.0. The Bertz CT molecular complexity index is 1380. The number of benzene rings is 3. The highest BCUT2D eigenvalue weighted by Gasteiger charge is 2.59. The van der Waals surface area contributed by atoms with E-state index < -0.39 is 5.72 Å². The topological polar surface area (TPSA) is 17.4 Å². The van der Waals surface area contributed by atoms with E-state index >= 15 is 0 Å². The zero-order valence-corrected chi connectivity index (χ0v) is 18.8. The van der Waals surface area contributed by atoms with Gasteiger partial charge in [-0.25, -0.2) is 0 Å². The Balaban J connectivity index is 1.47. The van der Waals surface area contributed by atoms with Gasteiger partial charge in [-0.1, -0.05) is 55.8 Å². The first-order valence-electron chi connectivity index (χ1n) is 10.8. The van der Waals surface area contributed by atoms with Crippen LogP contribution >= 0.6 is 11.6 Å². The average molecular weight is 429 g/mol. The Kier molecular flexibility index (Phi) is 3.91. The molecule has 0 amide bonds. The Hall–Kier alpha value is -2.75. The molecule has 0 spiro atoms. The van der Waals surface area contributed by atoms with E-state index in [4.69, 9.17) is 16.3 Å². The molecule has 3 nitrogen and oxygen atoms in total. The van der Waals surface area contributed by atoms with Crippen molar-refractivity contribution in [3.05, 3.63) is 82.9 Å². The van der Waals surface area contributed by atoms with Crippen LogP contribution in [0.15, 0.2) is 66.7 Å². The van der Waals surface area contributed by atoms with Crippen molar-refractivity contribution in [3.8, 4) is 0 Å². The smallest absolute Gasteiger partial charge is 0.170 e. The lowest BCUT2D eigenvalue weighted by Crippen LogP contribution is -2.51. The minimum atomic E-state index is -0.506. The molecule has 2 aliphatic heterocycles. The van der Waals surface area contributed by atoms with Crippen LogP contribution in [0.3, 0.4) is 0 Å². The molecule has 1 fully saturated rings. The van der Waals surface area contributed by atoms with Gasteiger partial charge in [-0.15, -0.1) is 0 Å². The summed E-state index contributed by atoms with van der Waals surface area (Å²) in [6.45, 7) is 6.11. The monoisotopic (exact) mass is 428 g/mol. The summed E-state index contributed by atoms with van der Waals surface area (Å²) < 4.78 is 8.74. The van der Waals surface area contributed by atoms with E-state index in [1.54, 1.807) is 0 Å². The van der Waals surface area contributed by atoms with E-state index in [1.807, 2.05) is 6.07 Å². The minimum Gasteiger partial charge on any atom is -0.349 e. The number of hydrogen-bond donors (Lipinski definition) is 0. The molecule has 0 N–H and O–H groups in total. The SMILES string of the molecule is Cn1c2ccccc2c2cc(C=CC34OCCN3c3ccc(Cl)cc3C4(C)C)ccc21. The number of aromatic nitrogens is 1. The summed E-state index contributed by atoms with van der Waals surface area (Å²) in [5.74, 6) is 0. The molecule has 2 aliphatic rings. The molecule has 1 aromatic heterocycles. The Morgan fingerprint density at radius 2 is 1.77 bits per heavy atom. The van der Waals surface area contributed by atoms with Gasteiger partial charge in [0.05, 0.1) is 6.61 Å². The number of hydrogen-bond acceptors (Lipinski definition) is 2. The number of rotatable bonds is 2. The highest BCUT2D eigenvalue weighted by Crippen LogP contribution is 2.55. The third kappa shape index (κ3) is 2.45. The van der Waals surface area contributed by atoms with Crippen LogP contribution in [-0.4, -0.2) is 23.4 Å². The van der Waals surface area contributed by atoms with Crippen molar-refractivity contribution in [2.75, 3.05) is 18.1 Å². The Morgan fingerprint density at radius 1 is 0.968 bits per heavy atom. The van der Waals surface area contributed by atoms with Gasteiger partial charge >= 0.3 is 0 Å². The van der Waals surface area contributed by atoms with Crippen LogP contribution in [0.25, 0.3) is 27.9 Å². The predicted octanol–water partition coefficient (Wildman–Crippen LogP) is 6.52. The highest BCUT2D eigenvalue weighted by molar-refractivity contribution is 6.30. The average Bonchev–Trinajstić information content (AvgIpc) is 3.38. The van der Waals surface area contributed by atoms with Gasteiger partial charge in [0.15, 0.2) is 5.72 Å². The maximum absolute atomic E-state index is 6.48. The maximum Gasteiger partial charge on any atom is 0.170 e. The molecule has 0 saturated carbocycles. The molecule has 4 aromatic rings. The van der Waals surface area contributed by atoms with Crippen molar-refractivity contribution in [2.24, 2.45) is 7.05 Å². The third-order valence-corrected chi connectivity index (χ3v) is 7.53. The van der Waals surface area contributed by atoms with Crippen LogP contribution < -0.4 is 4.90 Å². The fourth-order valence-electron chi connectivity index (χ4n) is 5.64. The first-order chi connectivity index (χ1) is 14.9. The van der Waals surface area contributed by atoms with Gasteiger partial charge in [-0.2, -0.15) is 0 Å². The minimum absolute atomic E-state index is 0.218. The number of anilines is 1. The van der Waals surface area contributed by atoms with E-state index in [1.165, 1.54) is 38.6 Å². The van der Waals surface area contributed by atoms with Crippen molar-refractivity contribution in [1.29, 1.82) is 0 Å².